The third kappa shape index (κ3) is 1.50. The summed E-state index contributed by atoms with van der Waals surface area (Å²) in [6.07, 6.45) is 0. The fraction of sp³-hybridized carbons (Fsp3) is 0.267. The average molecular weight is 268 g/mol. The monoisotopic (exact) mass is 268 g/mol. The van der Waals surface area contributed by atoms with Gasteiger partial charge in [-0.1, -0.05) is 0 Å². The van der Waals surface area contributed by atoms with Crippen molar-refractivity contribution in [2.45, 2.75) is 20.0 Å². The summed E-state index contributed by atoms with van der Waals surface area (Å²) in [5.41, 5.74) is 6.87. The van der Waals surface area contributed by atoms with Crippen LogP contribution >= 0.6 is 0 Å². The third-order valence-corrected chi connectivity index (χ3v) is 4.03. The van der Waals surface area contributed by atoms with Crippen molar-refractivity contribution in [1.82, 2.24) is 20.5 Å². The van der Waals surface area contributed by atoms with Crippen molar-refractivity contribution in [3.8, 4) is 17.1 Å². The lowest BCUT2D eigenvalue weighted by molar-refractivity contribution is 0.415. The molecule has 0 radical (unpaired) electrons. The van der Waals surface area contributed by atoms with Gasteiger partial charge in [-0.05, 0) is 25.1 Å². The van der Waals surface area contributed by atoms with Gasteiger partial charge in [0.05, 0.1) is 12.8 Å². The highest BCUT2D eigenvalue weighted by Gasteiger charge is 2.22. The van der Waals surface area contributed by atoms with Crippen LogP contribution in [0.3, 0.4) is 0 Å². The summed E-state index contributed by atoms with van der Waals surface area (Å²) in [7, 11) is 1.69. The van der Waals surface area contributed by atoms with Crippen molar-refractivity contribution in [3.05, 3.63) is 35.0 Å². The maximum Gasteiger partial charge on any atom is 0.119 e. The molecule has 0 saturated heterocycles. The molecule has 3 heterocycles. The lowest BCUT2D eigenvalue weighted by atomic mass is 10.1. The number of nitrogens with one attached hydrogen (secondary N) is 3. The summed E-state index contributed by atoms with van der Waals surface area (Å²) in [5, 5.41) is 12.2. The minimum absolute atomic E-state index is 0.832. The van der Waals surface area contributed by atoms with Crippen LogP contribution in [0, 0.1) is 6.92 Å². The highest BCUT2D eigenvalue weighted by Crippen LogP contribution is 2.35. The molecule has 2 aromatic heterocycles. The number of hydrogen-bond acceptors (Lipinski definition) is 3. The van der Waals surface area contributed by atoms with E-state index < -0.39 is 0 Å². The Bertz CT molecular complexity index is 800. The van der Waals surface area contributed by atoms with E-state index in [1.54, 1.807) is 7.11 Å². The highest BCUT2D eigenvalue weighted by atomic mass is 16.5. The van der Waals surface area contributed by atoms with E-state index in [2.05, 4.69) is 39.6 Å². The fourth-order valence-corrected chi connectivity index (χ4v) is 2.93. The fourth-order valence-electron chi connectivity index (χ4n) is 2.93. The van der Waals surface area contributed by atoms with Gasteiger partial charge in [0.1, 0.15) is 11.4 Å². The Balaban J connectivity index is 2.02. The van der Waals surface area contributed by atoms with E-state index in [0.717, 1.165) is 41.4 Å². The summed E-state index contributed by atoms with van der Waals surface area (Å²) in [6, 6.07) is 6.11. The number of nitrogens with zero attached hydrogens (tertiary/aromatic N) is 1. The molecule has 5 heteroatoms. The van der Waals surface area contributed by atoms with Gasteiger partial charge >= 0.3 is 0 Å². The van der Waals surface area contributed by atoms with Crippen LogP contribution in [0.5, 0.6) is 5.75 Å². The summed E-state index contributed by atoms with van der Waals surface area (Å²) < 4.78 is 5.33. The quantitative estimate of drug-likeness (QED) is 0.635. The molecule has 0 amide bonds. The summed E-state index contributed by atoms with van der Waals surface area (Å²) >= 11 is 0. The molecule has 0 aliphatic carbocycles. The number of ether oxygens (including phenoxy) is 1. The van der Waals surface area contributed by atoms with Crippen molar-refractivity contribution in [3.63, 3.8) is 0 Å². The smallest absolute Gasteiger partial charge is 0.119 e. The van der Waals surface area contributed by atoms with Crippen LogP contribution in [0.2, 0.25) is 0 Å². The van der Waals surface area contributed by atoms with Crippen molar-refractivity contribution in [2.24, 2.45) is 0 Å². The van der Waals surface area contributed by atoms with Crippen LogP contribution in [-0.4, -0.2) is 22.3 Å². The number of H-pyrrole nitrogens is 2. The molecule has 0 saturated carbocycles. The Labute approximate surface area is 116 Å². The highest BCUT2D eigenvalue weighted by molar-refractivity contribution is 5.92. The Hall–Kier alpha value is -2.27. The van der Waals surface area contributed by atoms with Crippen LogP contribution in [0.25, 0.3) is 22.3 Å². The summed E-state index contributed by atoms with van der Waals surface area (Å²) in [6.45, 7) is 3.73. The number of benzene rings is 1. The molecule has 3 N–H and O–H groups in total. The van der Waals surface area contributed by atoms with Gasteiger partial charge in [-0.3, -0.25) is 5.10 Å². The number of fused-ring (bicyclic) bond motifs is 5. The first-order valence-corrected chi connectivity index (χ1v) is 6.71. The standard InChI is InChI=1S/C15H16N4O/c1-8-11-6-16-7-12-10-5-9(20-2)3-4-13(10)17-14(12)15(11)19-18-8/h3-5,16-17H,6-7H2,1-2H3,(H,18,19). The Morgan fingerprint density at radius 2 is 2.05 bits per heavy atom. The number of hydrogen-bond donors (Lipinski definition) is 3. The Kier molecular flexibility index (Phi) is 2.37. The zero-order valence-corrected chi connectivity index (χ0v) is 11.5. The van der Waals surface area contributed by atoms with Gasteiger partial charge in [-0.25, -0.2) is 0 Å². The maximum absolute atomic E-state index is 5.33. The van der Waals surface area contributed by atoms with Crippen molar-refractivity contribution < 1.29 is 4.74 Å². The number of aromatic amines is 2. The van der Waals surface area contributed by atoms with Crippen LogP contribution in [0.4, 0.5) is 0 Å². The predicted molar refractivity (Wildman–Crippen MR) is 77.7 cm³/mol. The average Bonchev–Trinajstić information content (AvgIpc) is 2.94. The molecule has 1 aliphatic heterocycles. The van der Waals surface area contributed by atoms with Crippen LogP contribution in [0.1, 0.15) is 16.8 Å². The molecule has 0 unspecified atom stereocenters. The molecule has 4 rings (SSSR count). The molecule has 102 valence electrons. The van der Waals surface area contributed by atoms with E-state index in [9.17, 15) is 0 Å². The topological polar surface area (TPSA) is 65.7 Å². The van der Waals surface area contributed by atoms with Gasteiger partial charge in [0, 0.05) is 40.8 Å². The first-order chi connectivity index (χ1) is 9.78. The molecule has 1 aromatic carbocycles. The molecular weight excluding hydrogens is 252 g/mol. The molecule has 0 fully saturated rings. The van der Waals surface area contributed by atoms with E-state index in [1.165, 1.54) is 16.5 Å². The molecule has 3 aromatic rings. The molecule has 0 bridgehead atoms. The second-order valence-electron chi connectivity index (χ2n) is 5.17. The van der Waals surface area contributed by atoms with Gasteiger partial charge in [0.15, 0.2) is 0 Å². The van der Waals surface area contributed by atoms with Crippen LogP contribution < -0.4 is 10.1 Å². The molecule has 0 atom stereocenters. The number of aromatic nitrogens is 3. The molecule has 0 spiro atoms. The molecule has 20 heavy (non-hydrogen) atoms. The predicted octanol–water partition coefficient (Wildman–Crippen LogP) is 2.48. The lowest BCUT2D eigenvalue weighted by Crippen LogP contribution is -2.10. The molecule has 1 aliphatic rings. The van der Waals surface area contributed by atoms with Crippen molar-refractivity contribution in [1.29, 1.82) is 0 Å². The van der Waals surface area contributed by atoms with Gasteiger partial charge < -0.3 is 15.0 Å². The second kappa shape index (κ2) is 4.11. The largest absolute Gasteiger partial charge is 0.497 e. The summed E-state index contributed by atoms with van der Waals surface area (Å²) in [4.78, 5) is 3.50. The Morgan fingerprint density at radius 1 is 1.20 bits per heavy atom. The zero-order chi connectivity index (χ0) is 13.7. The van der Waals surface area contributed by atoms with E-state index in [4.69, 9.17) is 4.74 Å². The summed E-state index contributed by atoms with van der Waals surface area (Å²) in [5.74, 6) is 0.877. The van der Waals surface area contributed by atoms with E-state index >= 15 is 0 Å². The SMILES string of the molecule is COc1ccc2[nH]c3c(c2c1)CNCc1c-3n[nH]c1C. The first-order valence-electron chi connectivity index (χ1n) is 6.71. The van der Waals surface area contributed by atoms with Crippen LogP contribution in [0.15, 0.2) is 18.2 Å². The second-order valence-corrected chi connectivity index (χ2v) is 5.17. The Morgan fingerprint density at radius 3 is 2.90 bits per heavy atom. The van der Waals surface area contributed by atoms with E-state index in [1.807, 2.05) is 6.07 Å². The van der Waals surface area contributed by atoms with Gasteiger partial charge in [-0.2, -0.15) is 5.10 Å². The van der Waals surface area contributed by atoms with E-state index in [-0.39, 0.29) is 0 Å². The zero-order valence-electron chi connectivity index (χ0n) is 11.5. The van der Waals surface area contributed by atoms with Gasteiger partial charge in [0.2, 0.25) is 0 Å². The maximum atomic E-state index is 5.33. The van der Waals surface area contributed by atoms with Gasteiger partial charge in [0.25, 0.3) is 0 Å². The molecular formula is C15H16N4O. The minimum atomic E-state index is 0.832. The number of methoxy groups -OCH3 is 1. The van der Waals surface area contributed by atoms with Crippen molar-refractivity contribution >= 4 is 10.9 Å². The lowest BCUT2D eigenvalue weighted by Gasteiger charge is -2.02. The van der Waals surface area contributed by atoms with Crippen LogP contribution in [-0.2, 0) is 13.1 Å². The first kappa shape index (κ1) is 11.5. The number of rotatable bonds is 1. The van der Waals surface area contributed by atoms with Crippen molar-refractivity contribution in [2.75, 3.05) is 7.11 Å². The normalized spacial score (nSPS) is 13.9. The van der Waals surface area contributed by atoms with Gasteiger partial charge in [-0.15, -0.1) is 0 Å². The van der Waals surface area contributed by atoms with E-state index in [0.29, 0.717) is 0 Å². The third-order valence-electron chi connectivity index (χ3n) is 4.03. The molecule has 5 nitrogen and oxygen atoms in total. The number of aryl methyl sites for hydroxylation is 1. The minimum Gasteiger partial charge on any atom is -0.497 e.